The smallest absolute Gasteiger partial charge is 0.0633 e. The largest absolute Gasteiger partial charge is 0.376 e. The maximum atomic E-state index is 3.68. The third kappa shape index (κ3) is 2.72. The summed E-state index contributed by atoms with van der Waals surface area (Å²) in [5, 5.41) is 3.68. The number of nitrogens with one attached hydrogen (secondary N) is 1. The first-order valence-electron chi connectivity index (χ1n) is 6.54. The lowest BCUT2D eigenvalue weighted by Crippen LogP contribution is -2.17. The average Bonchev–Trinajstić information content (AvgIpc) is 2.43. The van der Waals surface area contributed by atoms with Gasteiger partial charge in [0.05, 0.1) is 11.7 Å². The van der Waals surface area contributed by atoms with Crippen LogP contribution in [0.15, 0.2) is 51.4 Å². The fourth-order valence-electron chi connectivity index (χ4n) is 2.71. The van der Waals surface area contributed by atoms with Crippen LogP contribution < -0.4 is 5.32 Å². The van der Waals surface area contributed by atoms with E-state index >= 15 is 0 Å². The molecule has 1 aliphatic carbocycles. The van der Waals surface area contributed by atoms with Crippen LogP contribution in [0.3, 0.4) is 0 Å². The van der Waals surface area contributed by atoms with Crippen LogP contribution in [0.1, 0.15) is 30.0 Å². The van der Waals surface area contributed by atoms with E-state index < -0.39 is 0 Å². The first kappa shape index (κ1) is 13.2. The summed E-state index contributed by atoms with van der Waals surface area (Å²) in [6.45, 7) is 0. The summed E-state index contributed by atoms with van der Waals surface area (Å²) >= 11 is 7.24. The molecule has 0 radical (unpaired) electrons. The number of fused-ring (bicyclic) bond motifs is 1. The van der Waals surface area contributed by atoms with Crippen LogP contribution in [0.25, 0.3) is 0 Å². The van der Waals surface area contributed by atoms with Gasteiger partial charge in [-0.3, -0.25) is 0 Å². The Kier molecular flexibility index (Phi) is 3.94. The predicted molar refractivity (Wildman–Crippen MR) is 87.6 cm³/mol. The van der Waals surface area contributed by atoms with Crippen LogP contribution in [0.4, 0.5) is 5.69 Å². The molecule has 1 N–H and O–H groups in total. The Morgan fingerprint density at radius 3 is 2.47 bits per heavy atom. The molecule has 0 saturated heterocycles. The van der Waals surface area contributed by atoms with Crippen molar-refractivity contribution in [1.82, 2.24) is 0 Å². The van der Waals surface area contributed by atoms with Gasteiger partial charge in [0.2, 0.25) is 0 Å². The fourth-order valence-corrected chi connectivity index (χ4v) is 3.94. The molecule has 0 aromatic heterocycles. The van der Waals surface area contributed by atoms with E-state index in [-0.39, 0.29) is 0 Å². The zero-order valence-electron chi connectivity index (χ0n) is 10.5. The van der Waals surface area contributed by atoms with Gasteiger partial charge in [-0.15, -0.1) is 0 Å². The van der Waals surface area contributed by atoms with Crippen molar-refractivity contribution in [1.29, 1.82) is 0 Å². The molecule has 0 bridgehead atoms. The molecular weight excluding hydrogens is 366 g/mol. The van der Waals surface area contributed by atoms with Crippen molar-refractivity contribution >= 4 is 37.5 Å². The number of anilines is 1. The van der Waals surface area contributed by atoms with E-state index in [1.807, 2.05) is 6.07 Å². The highest BCUT2D eigenvalue weighted by atomic mass is 79.9. The SMILES string of the molecule is Brc1cccc(Br)c1NC1CCCc2ccccc21. The quantitative estimate of drug-likeness (QED) is 0.704. The van der Waals surface area contributed by atoms with Crippen LogP contribution in [-0.4, -0.2) is 0 Å². The van der Waals surface area contributed by atoms with E-state index in [9.17, 15) is 0 Å². The molecule has 2 aromatic rings. The van der Waals surface area contributed by atoms with Gasteiger partial charge in [0, 0.05) is 8.95 Å². The lowest BCUT2D eigenvalue weighted by molar-refractivity contribution is 0.600. The van der Waals surface area contributed by atoms with Crippen molar-refractivity contribution in [2.24, 2.45) is 0 Å². The minimum Gasteiger partial charge on any atom is -0.376 e. The summed E-state index contributed by atoms with van der Waals surface area (Å²) in [4.78, 5) is 0. The molecule has 19 heavy (non-hydrogen) atoms. The van der Waals surface area contributed by atoms with Gasteiger partial charge >= 0.3 is 0 Å². The highest BCUT2D eigenvalue weighted by Crippen LogP contribution is 2.37. The van der Waals surface area contributed by atoms with Gasteiger partial charge in [0.1, 0.15) is 0 Å². The molecule has 98 valence electrons. The second-order valence-corrected chi connectivity index (χ2v) is 6.59. The molecule has 2 aromatic carbocycles. The number of para-hydroxylation sites is 1. The van der Waals surface area contributed by atoms with Crippen molar-refractivity contribution in [2.45, 2.75) is 25.3 Å². The normalized spacial score (nSPS) is 17.9. The third-order valence-electron chi connectivity index (χ3n) is 3.65. The molecule has 0 saturated carbocycles. The number of rotatable bonds is 2. The third-order valence-corrected chi connectivity index (χ3v) is 4.97. The minimum atomic E-state index is 0.403. The second kappa shape index (κ2) is 5.68. The lowest BCUT2D eigenvalue weighted by Gasteiger charge is -2.28. The summed E-state index contributed by atoms with van der Waals surface area (Å²) in [7, 11) is 0. The molecule has 0 aliphatic heterocycles. The van der Waals surface area contributed by atoms with Crippen molar-refractivity contribution < 1.29 is 0 Å². The lowest BCUT2D eigenvalue weighted by atomic mass is 9.87. The molecule has 1 atom stereocenters. The highest BCUT2D eigenvalue weighted by Gasteiger charge is 2.20. The van der Waals surface area contributed by atoms with Gasteiger partial charge in [0.25, 0.3) is 0 Å². The fraction of sp³-hybridized carbons (Fsp3) is 0.250. The first-order chi connectivity index (χ1) is 9.25. The van der Waals surface area contributed by atoms with Crippen LogP contribution in [0, 0.1) is 0 Å². The van der Waals surface area contributed by atoms with Gasteiger partial charge in [-0.1, -0.05) is 30.3 Å². The molecule has 1 nitrogen and oxygen atoms in total. The van der Waals surface area contributed by atoms with Crippen LogP contribution >= 0.6 is 31.9 Å². The summed E-state index contributed by atoms with van der Waals surface area (Å²) in [5.74, 6) is 0. The van der Waals surface area contributed by atoms with Gasteiger partial charge in [-0.25, -0.2) is 0 Å². The summed E-state index contributed by atoms with van der Waals surface area (Å²) in [6.07, 6.45) is 3.63. The van der Waals surface area contributed by atoms with Crippen molar-refractivity contribution in [2.75, 3.05) is 5.32 Å². The van der Waals surface area contributed by atoms with Crippen LogP contribution in [-0.2, 0) is 6.42 Å². The Hall–Kier alpha value is -0.800. The summed E-state index contributed by atoms with van der Waals surface area (Å²) in [5.41, 5.74) is 4.06. The van der Waals surface area contributed by atoms with Crippen molar-refractivity contribution in [3.8, 4) is 0 Å². The number of benzene rings is 2. The van der Waals surface area contributed by atoms with Gasteiger partial charge in [-0.2, -0.15) is 0 Å². The standard InChI is InChI=1S/C16H15Br2N/c17-13-8-4-9-14(18)16(13)19-15-10-3-6-11-5-1-2-7-12(11)15/h1-2,4-5,7-9,15,19H,3,6,10H2. The van der Waals surface area contributed by atoms with Crippen LogP contribution in [0.2, 0.25) is 0 Å². The van der Waals surface area contributed by atoms with E-state index in [0.717, 1.165) is 14.6 Å². The maximum absolute atomic E-state index is 3.68. The van der Waals surface area contributed by atoms with Crippen molar-refractivity contribution in [3.05, 3.63) is 62.5 Å². The van der Waals surface area contributed by atoms with Gasteiger partial charge in [0.15, 0.2) is 0 Å². The Labute approximate surface area is 130 Å². The zero-order chi connectivity index (χ0) is 13.2. The maximum Gasteiger partial charge on any atom is 0.0633 e. The van der Waals surface area contributed by atoms with E-state index in [1.165, 1.54) is 30.4 Å². The molecule has 0 fully saturated rings. The molecule has 0 heterocycles. The minimum absolute atomic E-state index is 0.403. The molecule has 1 unspecified atom stereocenters. The number of aryl methyl sites for hydroxylation is 1. The second-order valence-electron chi connectivity index (χ2n) is 4.88. The van der Waals surface area contributed by atoms with Gasteiger partial charge < -0.3 is 5.32 Å². The molecule has 3 rings (SSSR count). The first-order valence-corrected chi connectivity index (χ1v) is 8.12. The molecule has 0 amide bonds. The average molecular weight is 381 g/mol. The Morgan fingerprint density at radius 1 is 0.947 bits per heavy atom. The Bertz CT molecular complexity index is 575. The van der Waals surface area contributed by atoms with E-state index in [1.54, 1.807) is 0 Å². The number of hydrogen-bond acceptors (Lipinski definition) is 1. The predicted octanol–water partition coefficient (Wildman–Crippen LogP) is 5.70. The van der Waals surface area contributed by atoms with E-state index in [0.29, 0.717) is 6.04 Å². The van der Waals surface area contributed by atoms with Gasteiger partial charge in [-0.05, 0) is 74.4 Å². The monoisotopic (exact) mass is 379 g/mol. The Balaban J connectivity index is 1.93. The molecule has 3 heteroatoms. The molecule has 1 aliphatic rings. The molecular formula is C16H15Br2N. The topological polar surface area (TPSA) is 12.0 Å². The van der Waals surface area contributed by atoms with Crippen LogP contribution in [0.5, 0.6) is 0 Å². The number of halogens is 2. The highest BCUT2D eigenvalue weighted by molar-refractivity contribution is 9.11. The Morgan fingerprint density at radius 2 is 1.68 bits per heavy atom. The summed E-state index contributed by atoms with van der Waals surface area (Å²) in [6, 6.07) is 15.3. The van der Waals surface area contributed by atoms with E-state index in [4.69, 9.17) is 0 Å². The summed E-state index contributed by atoms with van der Waals surface area (Å²) < 4.78 is 2.20. The van der Waals surface area contributed by atoms with E-state index in [2.05, 4.69) is 73.6 Å². The zero-order valence-corrected chi connectivity index (χ0v) is 13.7. The van der Waals surface area contributed by atoms with Crippen molar-refractivity contribution in [3.63, 3.8) is 0 Å². The molecule has 0 spiro atoms. The number of hydrogen-bond donors (Lipinski definition) is 1.